The molecule has 1 aromatic heterocycles. The van der Waals surface area contributed by atoms with Gasteiger partial charge in [-0.15, -0.1) is 5.10 Å². The molecule has 0 saturated heterocycles. The number of aromatic nitrogens is 3. The van der Waals surface area contributed by atoms with Gasteiger partial charge in [0, 0.05) is 5.92 Å². The SMILES string of the molecule is O=C(NCC(O)C(=O)O)c1n[nH]c(C2CC2)n1. The minimum absolute atomic E-state index is 0.0375. The van der Waals surface area contributed by atoms with Crippen molar-refractivity contribution in [2.45, 2.75) is 24.9 Å². The summed E-state index contributed by atoms with van der Waals surface area (Å²) in [6.07, 6.45) is 0.447. The first-order chi connectivity index (χ1) is 8.08. The Morgan fingerprint density at radius 1 is 1.53 bits per heavy atom. The number of aliphatic hydroxyl groups is 1. The van der Waals surface area contributed by atoms with Crippen LogP contribution < -0.4 is 5.32 Å². The van der Waals surface area contributed by atoms with Gasteiger partial charge in [-0.2, -0.15) is 0 Å². The van der Waals surface area contributed by atoms with Crippen molar-refractivity contribution in [3.63, 3.8) is 0 Å². The number of aliphatic carboxylic acids is 1. The van der Waals surface area contributed by atoms with Crippen molar-refractivity contribution in [2.75, 3.05) is 6.54 Å². The van der Waals surface area contributed by atoms with Gasteiger partial charge in [-0.3, -0.25) is 9.89 Å². The Kier molecular flexibility index (Phi) is 3.05. The summed E-state index contributed by atoms with van der Waals surface area (Å²) in [6.45, 7) is -0.374. The van der Waals surface area contributed by atoms with Crippen molar-refractivity contribution in [3.05, 3.63) is 11.6 Å². The molecule has 8 heteroatoms. The quantitative estimate of drug-likeness (QED) is 0.515. The van der Waals surface area contributed by atoms with Crippen LogP contribution in [0.5, 0.6) is 0 Å². The number of carboxylic acid groups (broad SMARTS) is 1. The van der Waals surface area contributed by atoms with Crippen molar-refractivity contribution >= 4 is 11.9 Å². The smallest absolute Gasteiger partial charge is 0.334 e. The molecule has 0 radical (unpaired) electrons. The number of carboxylic acids is 1. The highest BCUT2D eigenvalue weighted by Crippen LogP contribution is 2.37. The topological polar surface area (TPSA) is 128 Å². The number of hydrogen-bond donors (Lipinski definition) is 4. The van der Waals surface area contributed by atoms with Crippen LogP contribution in [0.2, 0.25) is 0 Å². The van der Waals surface area contributed by atoms with Gasteiger partial charge in [-0.1, -0.05) is 0 Å². The normalized spacial score (nSPS) is 16.5. The number of aromatic amines is 1. The van der Waals surface area contributed by atoms with Gasteiger partial charge in [0.1, 0.15) is 5.82 Å². The summed E-state index contributed by atoms with van der Waals surface area (Å²) in [7, 11) is 0. The lowest BCUT2D eigenvalue weighted by Gasteiger charge is -2.05. The average Bonchev–Trinajstić information content (AvgIpc) is 3.03. The maximum absolute atomic E-state index is 11.5. The highest BCUT2D eigenvalue weighted by Gasteiger charge is 2.28. The van der Waals surface area contributed by atoms with Crippen molar-refractivity contribution in [2.24, 2.45) is 0 Å². The number of carbonyl (C=O) groups is 2. The van der Waals surface area contributed by atoms with E-state index >= 15 is 0 Å². The molecule has 1 aliphatic carbocycles. The van der Waals surface area contributed by atoms with Gasteiger partial charge in [-0.25, -0.2) is 9.78 Å². The molecule has 1 aliphatic rings. The van der Waals surface area contributed by atoms with Crippen LogP contribution in [0.15, 0.2) is 0 Å². The summed E-state index contributed by atoms with van der Waals surface area (Å²) in [5, 5.41) is 26.0. The van der Waals surface area contributed by atoms with E-state index in [-0.39, 0.29) is 12.4 Å². The summed E-state index contributed by atoms with van der Waals surface area (Å²) in [5.41, 5.74) is 0. The third-order valence-corrected chi connectivity index (χ3v) is 2.41. The highest BCUT2D eigenvalue weighted by atomic mass is 16.4. The number of amides is 1. The van der Waals surface area contributed by atoms with E-state index in [0.717, 1.165) is 12.8 Å². The van der Waals surface area contributed by atoms with E-state index in [1.54, 1.807) is 0 Å². The molecule has 1 fully saturated rings. The van der Waals surface area contributed by atoms with Crippen LogP contribution in [-0.4, -0.2) is 49.9 Å². The second-order valence-electron chi connectivity index (χ2n) is 3.88. The van der Waals surface area contributed by atoms with Crippen LogP contribution in [-0.2, 0) is 4.79 Å². The Labute approximate surface area is 96.1 Å². The second kappa shape index (κ2) is 4.50. The molecule has 4 N–H and O–H groups in total. The third-order valence-electron chi connectivity index (χ3n) is 2.41. The summed E-state index contributed by atoms with van der Waals surface area (Å²) in [5.74, 6) is -1.00. The van der Waals surface area contributed by atoms with E-state index in [9.17, 15) is 9.59 Å². The molecule has 1 saturated carbocycles. The minimum atomic E-state index is -1.62. The summed E-state index contributed by atoms with van der Waals surface area (Å²) in [6, 6.07) is 0. The summed E-state index contributed by atoms with van der Waals surface area (Å²) < 4.78 is 0. The fourth-order valence-electron chi connectivity index (χ4n) is 1.27. The molecule has 1 unspecified atom stereocenters. The van der Waals surface area contributed by atoms with Gasteiger partial charge >= 0.3 is 5.97 Å². The third kappa shape index (κ3) is 2.78. The van der Waals surface area contributed by atoms with Gasteiger partial charge < -0.3 is 15.5 Å². The zero-order valence-corrected chi connectivity index (χ0v) is 8.88. The Morgan fingerprint density at radius 2 is 2.24 bits per heavy atom. The van der Waals surface area contributed by atoms with Crippen molar-refractivity contribution in [3.8, 4) is 0 Å². The molecule has 1 heterocycles. The van der Waals surface area contributed by atoms with Gasteiger partial charge in [0.2, 0.25) is 5.82 Å². The minimum Gasteiger partial charge on any atom is -0.479 e. The first-order valence-corrected chi connectivity index (χ1v) is 5.19. The van der Waals surface area contributed by atoms with Gasteiger partial charge in [-0.05, 0) is 12.8 Å². The number of nitrogens with zero attached hydrogens (tertiary/aromatic N) is 2. The van der Waals surface area contributed by atoms with Crippen LogP contribution in [0.3, 0.4) is 0 Å². The number of rotatable bonds is 5. The van der Waals surface area contributed by atoms with Gasteiger partial charge in [0.25, 0.3) is 5.91 Å². The zero-order valence-electron chi connectivity index (χ0n) is 8.88. The summed E-state index contributed by atoms with van der Waals surface area (Å²) in [4.78, 5) is 25.8. The fourth-order valence-corrected chi connectivity index (χ4v) is 1.27. The second-order valence-corrected chi connectivity index (χ2v) is 3.88. The highest BCUT2D eigenvalue weighted by molar-refractivity contribution is 5.90. The zero-order chi connectivity index (χ0) is 12.4. The number of carbonyl (C=O) groups excluding carboxylic acids is 1. The van der Waals surface area contributed by atoms with Crippen LogP contribution in [0.1, 0.15) is 35.2 Å². The Balaban J connectivity index is 1.88. The monoisotopic (exact) mass is 240 g/mol. The van der Waals surface area contributed by atoms with Crippen molar-refractivity contribution in [1.82, 2.24) is 20.5 Å². The molecule has 1 amide bonds. The summed E-state index contributed by atoms with van der Waals surface area (Å²) >= 11 is 0. The molecule has 1 atom stereocenters. The largest absolute Gasteiger partial charge is 0.479 e. The Morgan fingerprint density at radius 3 is 2.82 bits per heavy atom. The molecule has 0 bridgehead atoms. The van der Waals surface area contributed by atoms with Crippen LogP contribution in [0.4, 0.5) is 0 Å². The lowest BCUT2D eigenvalue weighted by Crippen LogP contribution is -2.36. The van der Waals surface area contributed by atoms with Gasteiger partial charge in [0.15, 0.2) is 6.10 Å². The molecule has 0 spiro atoms. The first-order valence-electron chi connectivity index (χ1n) is 5.19. The van der Waals surface area contributed by atoms with E-state index < -0.39 is 18.0 Å². The Bertz CT molecular complexity index is 440. The molecule has 17 heavy (non-hydrogen) atoms. The first kappa shape index (κ1) is 11.5. The van der Waals surface area contributed by atoms with E-state index in [1.165, 1.54) is 0 Å². The molecule has 8 nitrogen and oxygen atoms in total. The molecule has 0 aliphatic heterocycles. The molecule has 1 aromatic rings. The van der Waals surface area contributed by atoms with E-state index in [0.29, 0.717) is 11.7 Å². The molecule has 92 valence electrons. The average molecular weight is 240 g/mol. The van der Waals surface area contributed by atoms with Crippen LogP contribution >= 0.6 is 0 Å². The molecule has 0 aromatic carbocycles. The maximum Gasteiger partial charge on any atom is 0.334 e. The number of hydrogen-bond acceptors (Lipinski definition) is 5. The van der Waals surface area contributed by atoms with Crippen molar-refractivity contribution < 1.29 is 19.8 Å². The maximum atomic E-state index is 11.5. The molecular formula is C9H12N4O4. The Hall–Kier alpha value is -1.96. The number of H-pyrrole nitrogens is 1. The fraction of sp³-hybridized carbons (Fsp3) is 0.556. The van der Waals surface area contributed by atoms with E-state index in [4.69, 9.17) is 10.2 Å². The lowest BCUT2D eigenvalue weighted by atomic mass is 10.3. The van der Waals surface area contributed by atoms with Gasteiger partial charge in [0.05, 0.1) is 6.54 Å². The van der Waals surface area contributed by atoms with E-state index in [1.807, 2.05) is 0 Å². The van der Waals surface area contributed by atoms with Crippen molar-refractivity contribution in [1.29, 1.82) is 0 Å². The van der Waals surface area contributed by atoms with E-state index in [2.05, 4.69) is 20.5 Å². The predicted molar refractivity (Wildman–Crippen MR) is 54.3 cm³/mol. The predicted octanol–water partition coefficient (Wildman–Crippen LogP) is -1.14. The van der Waals surface area contributed by atoms with Crippen LogP contribution in [0, 0.1) is 0 Å². The van der Waals surface area contributed by atoms with Crippen LogP contribution in [0.25, 0.3) is 0 Å². The number of nitrogens with one attached hydrogen (secondary N) is 2. The lowest BCUT2D eigenvalue weighted by molar-refractivity contribution is -0.146. The standard InChI is InChI=1S/C9H12N4O4/c14-5(9(16)17)3-10-8(15)7-11-6(12-13-7)4-1-2-4/h4-5,14H,1-3H2,(H,10,15)(H,16,17)(H,11,12,13). The molecule has 2 rings (SSSR count). The molecular weight excluding hydrogens is 228 g/mol. The number of aliphatic hydroxyl groups excluding tert-OH is 1.